The Balaban J connectivity index is 2.31. The van der Waals surface area contributed by atoms with Crippen LogP contribution >= 0.6 is 0 Å². The molecule has 2 heterocycles. The van der Waals surface area contributed by atoms with Gasteiger partial charge >= 0.3 is 0 Å². The summed E-state index contributed by atoms with van der Waals surface area (Å²) in [5, 5.41) is 4.57. The van der Waals surface area contributed by atoms with Gasteiger partial charge in [0.15, 0.2) is 0 Å². The van der Waals surface area contributed by atoms with E-state index < -0.39 is 0 Å². The molecule has 0 radical (unpaired) electrons. The lowest BCUT2D eigenvalue weighted by atomic mass is 10.1. The van der Waals surface area contributed by atoms with E-state index in [1.807, 2.05) is 10.6 Å². The molecule has 1 aliphatic rings. The van der Waals surface area contributed by atoms with Gasteiger partial charge in [0.25, 0.3) is 5.56 Å². The van der Waals surface area contributed by atoms with Crippen LogP contribution in [0, 0.1) is 0 Å². The number of hydrogen-bond acceptors (Lipinski definition) is 2. The Labute approximate surface area is 99.7 Å². The maximum absolute atomic E-state index is 12.0. The first-order valence-corrected chi connectivity index (χ1v) is 6.42. The Morgan fingerprint density at radius 3 is 3.00 bits per heavy atom. The van der Waals surface area contributed by atoms with Crippen LogP contribution in [0.4, 0.5) is 0 Å². The molecule has 0 saturated heterocycles. The van der Waals surface area contributed by atoms with E-state index in [1.54, 1.807) is 0 Å². The average Bonchev–Trinajstić information content (AvgIpc) is 2.58. The molecule has 0 saturated carbocycles. The molecule has 0 atom stereocenters. The van der Waals surface area contributed by atoms with Crippen molar-refractivity contribution in [3.8, 4) is 0 Å². The van der Waals surface area contributed by atoms with E-state index in [2.05, 4.69) is 17.0 Å². The summed E-state index contributed by atoms with van der Waals surface area (Å²) in [6.45, 7) is 2.08. The molecule has 17 heavy (non-hydrogen) atoms. The number of hydrogen-bond donors (Lipinski definition) is 1. The number of fused-ring (bicyclic) bond motifs is 3. The fraction of sp³-hybridized carbons (Fsp3) is 0.538. The van der Waals surface area contributed by atoms with Gasteiger partial charge in [-0.1, -0.05) is 13.3 Å². The maximum Gasteiger partial charge on any atom is 0.254 e. The largest absolute Gasteiger partial charge is 0.307 e. The van der Waals surface area contributed by atoms with E-state index in [4.69, 9.17) is 0 Å². The van der Waals surface area contributed by atoms with Crippen LogP contribution in [0.1, 0.15) is 43.1 Å². The average molecular weight is 231 g/mol. The van der Waals surface area contributed by atoms with Crippen molar-refractivity contribution in [2.24, 2.45) is 0 Å². The number of nitrogens with zero attached hydrogens (tertiary/aromatic N) is 2. The lowest BCUT2D eigenvalue weighted by molar-refractivity contribution is 0.700. The van der Waals surface area contributed by atoms with Crippen molar-refractivity contribution in [3.05, 3.63) is 33.4 Å². The standard InChI is InChI=1S/C13H17N3O/c1-2-9-8-12-14-13(17)10-6-4-3-5-7-11(10)16(12)15-9/h8H,2-7H2,1H3,(H,14,17). The van der Waals surface area contributed by atoms with Crippen molar-refractivity contribution in [1.29, 1.82) is 0 Å². The second kappa shape index (κ2) is 4.02. The van der Waals surface area contributed by atoms with Crippen LogP contribution in [0.15, 0.2) is 10.9 Å². The minimum atomic E-state index is 0.0805. The SMILES string of the molecule is CCc1cc2[nH]c(=O)c3c(n2n1)CCCCC3. The van der Waals surface area contributed by atoms with Gasteiger partial charge in [-0.2, -0.15) is 5.10 Å². The van der Waals surface area contributed by atoms with Gasteiger partial charge in [-0.05, 0) is 32.1 Å². The van der Waals surface area contributed by atoms with E-state index in [0.29, 0.717) is 0 Å². The fourth-order valence-corrected chi connectivity index (χ4v) is 2.63. The van der Waals surface area contributed by atoms with E-state index >= 15 is 0 Å². The van der Waals surface area contributed by atoms with Crippen LogP contribution in [0.2, 0.25) is 0 Å². The van der Waals surface area contributed by atoms with Crippen LogP contribution < -0.4 is 5.56 Å². The highest BCUT2D eigenvalue weighted by molar-refractivity contribution is 5.42. The first-order valence-electron chi connectivity index (χ1n) is 6.42. The van der Waals surface area contributed by atoms with Crippen molar-refractivity contribution in [1.82, 2.24) is 14.6 Å². The van der Waals surface area contributed by atoms with Gasteiger partial charge in [0.1, 0.15) is 5.65 Å². The number of aryl methyl sites for hydroxylation is 2. The molecule has 0 bridgehead atoms. The summed E-state index contributed by atoms with van der Waals surface area (Å²) in [7, 11) is 0. The van der Waals surface area contributed by atoms with Gasteiger partial charge in [0.2, 0.25) is 0 Å². The van der Waals surface area contributed by atoms with Gasteiger partial charge in [-0.3, -0.25) is 4.79 Å². The van der Waals surface area contributed by atoms with Crippen LogP contribution in [0.25, 0.3) is 5.65 Å². The lowest BCUT2D eigenvalue weighted by Gasteiger charge is -2.06. The van der Waals surface area contributed by atoms with Crippen molar-refractivity contribution in [2.75, 3.05) is 0 Å². The molecule has 2 aromatic heterocycles. The molecule has 0 spiro atoms. The molecule has 0 aromatic carbocycles. The van der Waals surface area contributed by atoms with E-state index in [9.17, 15) is 4.79 Å². The second-order valence-corrected chi connectivity index (χ2v) is 4.73. The molecule has 3 rings (SSSR count). The molecule has 0 fully saturated rings. The molecule has 0 unspecified atom stereocenters. The summed E-state index contributed by atoms with van der Waals surface area (Å²) >= 11 is 0. The number of rotatable bonds is 1. The second-order valence-electron chi connectivity index (χ2n) is 4.73. The normalized spacial score (nSPS) is 15.8. The molecule has 1 aliphatic carbocycles. The Morgan fingerprint density at radius 2 is 2.18 bits per heavy atom. The zero-order valence-corrected chi connectivity index (χ0v) is 10.1. The van der Waals surface area contributed by atoms with Crippen LogP contribution in [0.3, 0.4) is 0 Å². The maximum atomic E-state index is 12.0. The van der Waals surface area contributed by atoms with Gasteiger partial charge in [0, 0.05) is 11.6 Å². The minimum Gasteiger partial charge on any atom is -0.307 e. The highest BCUT2D eigenvalue weighted by Gasteiger charge is 2.16. The van der Waals surface area contributed by atoms with Crippen molar-refractivity contribution in [2.45, 2.75) is 45.4 Å². The van der Waals surface area contributed by atoms with Crippen LogP contribution in [0.5, 0.6) is 0 Å². The quantitative estimate of drug-likeness (QED) is 0.761. The highest BCUT2D eigenvalue weighted by Crippen LogP contribution is 2.18. The predicted molar refractivity (Wildman–Crippen MR) is 66.4 cm³/mol. The van der Waals surface area contributed by atoms with Crippen LogP contribution in [-0.2, 0) is 19.3 Å². The zero-order chi connectivity index (χ0) is 11.8. The molecule has 0 aliphatic heterocycles. The summed E-state index contributed by atoms with van der Waals surface area (Å²) in [4.78, 5) is 15.0. The Bertz CT molecular complexity index is 609. The number of aromatic nitrogens is 3. The first-order chi connectivity index (χ1) is 8.29. The topological polar surface area (TPSA) is 50.2 Å². The third-order valence-corrected chi connectivity index (χ3v) is 3.58. The number of nitrogens with one attached hydrogen (secondary N) is 1. The summed E-state index contributed by atoms with van der Waals surface area (Å²) in [6, 6.07) is 1.98. The molecule has 2 aromatic rings. The molecule has 90 valence electrons. The summed E-state index contributed by atoms with van der Waals surface area (Å²) in [6.07, 6.45) is 6.24. The smallest absolute Gasteiger partial charge is 0.254 e. The Morgan fingerprint density at radius 1 is 1.35 bits per heavy atom. The van der Waals surface area contributed by atoms with E-state index in [-0.39, 0.29) is 5.56 Å². The van der Waals surface area contributed by atoms with Crippen molar-refractivity contribution >= 4 is 5.65 Å². The molecule has 4 nitrogen and oxygen atoms in total. The third kappa shape index (κ3) is 1.68. The fourth-order valence-electron chi connectivity index (χ4n) is 2.63. The highest BCUT2D eigenvalue weighted by atomic mass is 16.1. The van der Waals surface area contributed by atoms with Crippen molar-refractivity contribution < 1.29 is 0 Å². The van der Waals surface area contributed by atoms with Gasteiger partial charge in [0.05, 0.1) is 11.4 Å². The number of H-pyrrole nitrogens is 1. The summed E-state index contributed by atoms with van der Waals surface area (Å²) in [5.41, 5.74) is 4.03. The summed E-state index contributed by atoms with van der Waals surface area (Å²) < 4.78 is 1.95. The van der Waals surface area contributed by atoms with E-state index in [1.165, 1.54) is 6.42 Å². The minimum absolute atomic E-state index is 0.0805. The van der Waals surface area contributed by atoms with Gasteiger partial charge in [-0.15, -0.1) is 0 Å². The van der Waals surface area contributed by atoms with Gasteiger partial charge < -0.3 is 4.98 Å². The predicted octanol–water partition coefficient (Wildman–Crippen LogP) is 1.85. The molecule has 0 amide bonds. The monoisotopic (exact) mass is 231 g/mol. The lowest BCUT2D eigenvalue weighted by Crippen LogP contribution is -2.19. The number of aromatic amines is 1. The first kappa shape index (κ1) is 10.6. The Hall–Kier alpha value is -1.58. The Kier molecular flexibility index (Phi) is 2.50. The molecule has 4 heteroatoms. The van der Waals surface area contributed by atoms with Crippen molar-refractivity contribution in [3.63, 3.8) is 0 Å². The van der Waals surface area contributed by atoms with E-state index in [0.717, 1.165) is 54.7 Å². The third-order valence-electron chi connectivity index (χ3n) is 3.58. The summed E-state index contributed by atoms with van der Waals surface area (Å²) in [5.74, 6) is 0. The van der Waals surface area contributed by atoms with Crippen LogP contribution in [-0.4, -0.2) is 14.6 Å². The molecular formula is C13H17N3O. The molecular weight excluding hydrogens is 214 g/mol. The molecule has 1 N–H and O–H groups in total. The zero-order valence-electron chi connectivity index (χ0n) is 10.1. The van der Waals surface area contributed by atoms with Gasteiger partial charge in [-0.25, -0.2) is 4.52 Å².